The maximum Gasteiger partial charge on any atom is 0.243 e. The molecule has 2 rings (SSSR count). The summed E-state index contributed by atoms with van der Waals surface area (Å²) in [5.41, 5.74) is 4.26. The molecule has 0 bridgehead atoms. The molecule has 9 heteroatoms. The molecule has 0 aliphatic rings. The van der Waals surface area contributed by atoms with E-state index in [1.807, 2.05) is 34.9 Å². The summed E-state index contributed by atoms with van der Waals surface area (Å²) in [6.07, 6.45) is 0. The number of aromatic nitrogens is 4. The predicted octanol–water partition coefficient (Wildman–Crippen LogP) is 1.00. The van der Waals surface area contributed by atoms with Gasteiger partial charge >= 0.3 is 0 Å². The first-order chi connectivity index (χ1) is 9.92. The van der Waals surface area contributed by atoms with Crippen LogP contribution in [-0.2, 0) is 0 Å². The topological polar surface area (TPSA) is 118 Å². The minimum absolute atomic E-state index is 0.0562. The van der Waals surface area contributed by atoms with E-state index < -0.39 is 0 Å². The first kappa shape index (κ1) is 15.0. The van der Waals surface area contributed by atoms with Gasteiger partial charge in [0.1, 0.15) is 5.76 Å². The molecule has 9 nitrogen and oxygen atoms in total. The second-order valence-corrected chi connectivity index (χ2v) is 4.93. The summed E-state index contributed by atoms with van der Waals surface area (Å²) < 4.78 is 5.18. The lowest BCUT2D eigenvalue weighted by Crippen LogP contribution is -2.20. The van der Waals surface area contributed by atoms with Gasteiger partial charge in [-0.25, -0.2) is 5.84 Å². The van der Waals surface area contributed by atoms with Gasteiger partial charge in [0.05, 0.1) is 11.7 Å². The van der Waals surface area contributed by atoms with Crippen molar-refractivity contribution < 1.29 is 4.52 Å². The molecular formula is C12H20N8O. The first-order valence-electron chi connectivity index (χ1n) is 6.51. The SMILES string of the molecule is Cc1noc(C)c1C(C)Nc1nc(NN)nc(N(C)C)n1. The normalized spacial score (nSPS) is 12.1. The number of hydrogen-bond donors (Lipinski definition) is 3. The van der Waals surface area contributed by atoms with Crippen LogP contribution >= 0.6 is 0 Å². The number of nitrogens with two attached hydrogens (primary N) is 1. The van der Waals surface area contributed by atoms with Gasteiger partial charge in [-0.15, -0.1) is 0 Å². The highest BCUT2D eigenvalue weighted by atomic mass is 16.5. The molecule has 0 aromatic carbocycles. The first-order valence-corrected chi connectivity index (χ1v) is 6.51. The Kier molecular flexibility index (Phi) is 4.22. The second kappa shape index (κ2) is 5.92. The summed E-state index contributed by atoms with van der Waals surface area (Å²) in [7, 11) is 3.69. The lowest BCUT2D eigenvalue weighted by Gasteiger charge is -2.16. The Morgan fingerprint density at radius 3 is 2.33 bits per heavy atom. The van der Waals surface area contributed by atoms with E-state index in [0.29, 0.717) is 17.8 Å². The number of hydrogen-bond acceptors (Lipinski definition) is 9. The fourth-order valence-electron chi connectivity index (χ4n) is 2.07. The minimum Gasteiger partial charge on any atom is -0.361 e. The molecule has 114 valence electrons. The van der Waals surface area contributed by atoms with Gasteiger partial charge in [-0.05, 0) is 20.8 Å². The Morgan fingerprint density at radius 1 is 1.14 bits per heavy atom. The fourth-order valence-corrected chi connectivity index (χ4v) is 2.07. The monoisotopic (exact) mass is 292 g/mol. The van der Waals surface area contributed by atoms with Crippen LogP contribution < -0.4 is 21.5 Å². The van der Waals surface area contributed by atoms with Gasteiger partial charge in [0.2, 0.25) is 17.8 Å². The average Bonchev–Trinajstić information content (AvgIpc) is 2.77. The maximum absolute atomic E-state index is 5.39. The van der Waals surface area contributed by atoms with Crippen molar-refractivity contribution in [3.8, 4) is 0 Å². The molecule has 0 radical (unpaired) electrons. The molecule has 0 spiro atoms. The van der Waals surface area contributed by atoms with Crippen LogP contribution in [0.5, 0.6) is 0 Å². The molecule has 2 aromatic rings. The van der Waals surface area contributed by atoms with Gasteiger partial charge in [-0.3, -0.25) is 5.43 Å². The van der Waals surface area contributed by atoms with E-state index >= 15 is 0 Å². The average molecular weight is 292 g/mol. The number of hydrazine groups is 1. The van der Waals surface area contributed by atoms with Gasteiger partial charge < -0.3 is 14.7 Å². The highest BCUT2D eigenvalue weighted by Crippen LogP contribution is 2.24. The van der Waals surface area contributed by atoms with Crippen molar-refractivity contribution in [1.29, 1.82) is 0 Å². The Morgan fingerprint density at radius 2 is 1.81 bits per heavy atom. The molecule has 2 aromatic heterocycles. The van der Waals surface area contributed by atoms with Crippen molar-refractivity contribution >= 4 is 17.8 Å². The van der Waals surface area contributed by atoms with Gasteiger partial charge in [0.15, 0.2) is 0 Å². The second-order valence-electron chi connectivity index (χ2n) is 4.93. The molecule has 0 fully saturated rings. The molecule has 0 saturated carbocycles. The van der Waals surface area contributed by atoms with Crippen molar-refractivity contribution in [2.24, 2.45) is 5.84 Å². The maximum atomic E-state index is 5.39. The van der Waals surface area contributed by atoms with Crippen LogP contribution in [0.2, 0.25) is 0 Å². The summed E-state index contributed by atoms with van der Waals surface area (Å²) in [6, 6.07) is -0.0562. The van der Waals surface area contributed by atoms with Crippen LogP contribution in [0.4, 0.5) is 17.8 Å². The molecular weight excluding hydrogens is 272 g/mol. The third kappa shape index (κ3) is 3.19. The van der Waals surface area contributed by atoms with Crippen molar-refractivity contribution in [2.75, 3.05) is 29.7 Å². The standard InChI is InChI=1S/C12H20N8O/c1-6(9-7(2)19-21-8(9)3)14-10-15-11(18-13)17-12(16-10)20(4)5/h6H,13H2,1-5H3,(H2,14,15,16,17,18). The Balaban J connectivity index is 2.28. The van der Waals surface area contributed by atoms with Crippen molar-refractivity contribution in [1.82, 2.24) is 20.1 Å². The zero-order valence-electron chi connectivity index (χ0n) is 12.8. The summed E-state index contributed by atoms with van der Waals surface area (Å²) in [6.45, 7) is 5.76. The summed E-state index contributed by atoms with van der Waals surface area (Å²) >= 11 is 0. The van der Waals surface area contributed by atoms with E-state index in [0.717, 1.165) is 17.0 Å². The number of anilines is 3. The van der Waals surface area contributed by atoms with Gasteiger partial charge in [-0.1, -0.05) is 5.16 Å². The van der Waals surface area contributed by atoms with E-state index in [1.165, 1.54) is 0 Å². The molecule has 4 N–H and O–H groups in total. The van der Waals surface area contributed by atoms with Gasteiger partial charge in [-0.2, -0.15) is 15.0 Å². The smallest absolute Gasteiger partial charge is 0.243 e. The van der Waals surface area contributed by atoms with Gasteiger partial charge in [0.25, 0.3) is 0 Å². The number of nitrogen functional groups attached to an aromatic ring is 1. The molecule has 0 saturated heterocycles. The number of aryl methyl sites for hydroxylation is 2. The third-order valence-electron chi connectivity index (χ3n) is 3.02. The molecule has 2 heterocycles. The van der Waals surface area contributed by atoms with Gasteiger partial charge in [0, 0.05) is 19.7 Å². The van der Waals surface area contributed by atoms with E-state index in [9.17, 15) is 0 Å². The van der Waals surface area contributed by atoms with Crippen LogP contribution in [0.15, 0.2) is 4.52 Å². The zero-order valence-corrected chi connectivity index (χ0v) is 12.8. The summed E-state index contributed by atoms with van der Waals surface area (Å²) in [5, 5.41) is 7.16. The van der Waals surface area contributed by atoms with Crippen LogP contribution in [0.3, 0.4) is 0 Å². The molecule has 0 aliphatic heterocycles. The van der Waals surface area contributed by atoms with E-state index in [1.54, 1.807) is 4.90 Å². The molecule has 0 amide bonds. The van der Waals surface area contributed by atoms with Crippen LogP contribution in [0.1, 0.15) is 30.0 Å². The largest absolute Gasteiger partial charge is 0.361 e. The fraction of sp³-hybridized carbons (Fsp3) is 0.500. The number of nitrogens with one attached hydrogen (secondary N) is 2. The number of nitrogens with zero attached hydrogens (tertiary/aromatic N) is 5. The third-order valence-corrected chi connectivity index (χ3v) is 3.02. The van der Waals surface area contributed by atoms with Crippen LogP contribution in [0, 0.1) is 13.8 Å². The highest BCUT2D eigenvalue weighted by molar-refractivity contribution is 5.44. The highest BCUT2D eigenvalue weighted by Gasteiger charge is 2.18. The minimum atomic E-state index is -0.0562. The summed E-state index contributed by atoms with van der Waals surface area (Å²) in [5.74, 6) is 7.38. The van der Waals surface area contributed by atoms with Crippen molar-refractivity contribution in [3.05, 3.63) is 17.0 Å². The quantitative estimate of drug-likeness (QED) is 0.547. The lowest BCUT2D eigenvalue weighted by molar-refractivity contribution is 0.392. The van der Waals surface area contributed by atoms with Crippen LogP contribution in [0.25, 0.3) is 0 Å². The van der Waals surface area contributed by atoms with E-state index in [4.69, 9.17) is 10.4 Å². The van der Waals surface area contributed by atoms with E-state index in [-0.39, 0.29) is 6.04 Å². The van der Waals surface area contributed by atoms with E-state index in [2.05, 4.69) is 30.9 Å². The van der Waals surface area contributed by atoms with Crippen LogP contribution in [-0.4, -0.2) is 34.2 Å². The lowest BCUT2D eigenvalue weighted by atomic mass is 10.1. The van der Waals surface area contributed by atoms with Crippen molar-refractivity contribution in [3.63, 3.8) is 0 Å². The number of rotatable bonds is 5. The zero-order chi connectivity index (χ0) is 15.6. The molecule has 1 unspecified atom stereocenters. The Bertz CT molecular complexity index is 604. The molecule has 1 atom stereocenters. The molecule has 21 heavy (non-hydrogen) atoms. The predicted molar refractivity (Wildman–Crippen MR) is 80.0 cm³/mol. The Hall–Kier alpha value is -2.42. The Labute approximate surface area is 122 Å². The summed E-state index contributed by atoms with van der Waals surface area (Å²) in [4.78, 5) is 14.5. The molecule has 0 aliphatic carbocycles. The van der Waals surface area contributed by atoms with Crippen molar-refractivity contribution in [2.45, 2.75) is 26.8 Å².